The predicted molar refractivity (Wildman–Crippen MR) is 128 cm³/mol. The standard InChI is InChI=1S/C27H31N3O4/c31-25(14-18-33-22-8-2-1-3-9-22)29-16-12-20(13-17-29)27(32)30-15-6-7-21(19-30)26-28-23-10-4-5-11-24(23)34-26/h1-5,8-11,20-21H,6-7,12-19H2. The molecule has 2 aliphatic rings. The first-order valence-electron chi connectivity index (χ1n) is 12.3. The summed E-state index contributed by atoms with van der Waals surface area (Å²) in [5.74, 6) is 1.92. The quantitative estimate of drug-likeness (QED) is 0.549. The second-order valence-corrected chi connectivity index (χ2v) is 9.21. The predicted octanol–water partition coefficient (Wildman–Crippen LogP) is 4.24. The van der Waals surface area contributed by atoms with Crippen LogP contribution in [0.5, 0.6) is 5.75 Å². The van der Waals surface area contributed by atoms with Crippen molar-refractivity contribution in [2.45, 2.75) is 38.0 Å². The van der Waals surface area contributed by atoms with Crippen molar-refractivity contribution in [2.75, 3.05) is 32.8 Å². The molecule has 0 bridgehead atoms. The molecule has 2 fully saturated rings. The summed E-state index contributed by atoms with van der Waals surface area (Å²) in [5.41, 5.74) is 1.67. The molecule has 7 heteroatoms. The molecule has 0 saturated carbocycles. The van der Waals surface area contributed by atoms with Crippen molar-refractivity contribution >= 4 is 22.9 Å². The average Bonchev–Trinajstić information content (AvgIpc) is 3.34. The Morgan fingerprint density at radius 2 is 1.71 bits per heavy atom. The van der Waals surface area contributed by atoms with Crippen LogP contribution in [0.4, 0.5) is 0 Å². The lowest BCUT2D eigenvalue weighted by atomic mass is 9.92. The number of piperidine rings is 2. The third-order valence-corrected chi connectivity index (χ3v) is 6.92. The molecule has 0 N–H and O–H groups in total. The van der Waals surface area contributed by atoms with E-state index in [1.807, 2.05) is 64.4 Å². The van der Waals surface area contributed by atoms with Crippen LogP contribution in [0, 0.1) is 5.92 Å². The number of benzene rings is 2. The van der Waals surface area contributed by atoms with Crippen LogP contribution in [-0.2, 0) is 9.59 Å². The van der Waals surface area contributed by atoms with Gasteiger partial charge in [0, 0.05) is 32.1 Å². The number of fused-ring (bicyclic) bond motifs is 1. The topological polar surface area (TPSA) is 75.9 Å². The monoisotopic (exact) mass is 461 g/mol. The van der Waals surface area contributed by atoms with E-state index in [1.165, 1.54) is 0 Å². The summed E-state index contributed by atoms with van der Waals surface area (Å²) in [5, 5.41) is 0. The summed E-state index contributed by atoms with van der Waals surface area (Å²) in [6, 6.07) is 17.3. The summed E-state index contributed by atoms with van der Waals surface area (Å²) >= 11 is 0. The van der Waals surface area contributed by atoms with Gasteiger partial charge in [-0.05, 0) is 49.9 Å². The summed E-state index contributed by atoms with van der Waals surface area (Å²) in [4.78, 5) is 34.3. The van der Waals surface area contributed by atoms with E-state index in [9.17, 15) is 9.59 Å². The average molecular weight is 462 g/mol. The fraction of sp³-hybridized carbons (Fsp3) is 0.444. The Balaban J connectivity index is 1.10. The van der Waals surface area contributed by atoms with Crippen LogP contribution in [0.3, 0.4) is 0 Å². The number of aromatic nitrogens is 1. The van der Waals surface area contributed by atoms with Gasteiger partial charge in [0.05, 0.1) is 18.9 Å². The normalized spacial score (nSPS) is 19.4. The molecule has 34 heavy (non-hydrogen) atoms. The van der Waals surface area contributed by atoms with Gasteiger partial charge in [0.15, 0.2) is 11.5 Å². The zero-order chi connectivity index (χ0) is 23.3. The lowest BCUT2D eigenvalue weighted by Crippen LogP contribution is -2.47. The molecular formula is C27H31N3O4. The molecule has 1 atom stereocenters. The number of oxazole rings is 1. The van der Waals surface area contributed by atoms with Gasteiger partial charge < -0.3 is 19.0 Å². The number of ether oxygens (including phenoxy) is 1. The maximum absolute atomic E-state index is 13.3. The number of hydrogen-bond acceptors (Lipinski definition) is 5. The highest BCUT2D eigenvalue weighted by Gasteiger charge is 2.34. The molecule has 1 unspecified atom stereocenters. The van der Waals surface area contributed by atoms with Crippen molar-refractivity contribution in [2.24, 2.45) is 5.92 Å². The van der Waals surface area contributed by atoms with Gasteiger partial charge in [-0.2, -0.15) is 0 Å². The zero-order valence-corrected chi connectivity index (χ0v) is 19.4. The minimum Gasteiger partial charge on any atom is -0.493 e. The van der Waals surface area contributed by atoms with E-state index in [0.717, 1.165) is 42.1 Å². The third-order valence-electron chi connectivity index (χ3n) is 6.92. The lowest BCUT2D eigenvalue weighted by Gasteiger charge is -2.37. The Morgan fingerprint density at radius 1 is 0.941 bits per heavy atom. The van der Waals surface area contributed by atoms with Crippen molar-refractivity contribution in [1.29, 1.82) is 0 Å². The number of amides is 2. The molecule has 0 aliphatic carbocycles. The number of para-hydroxylation sites is 3. The van der Waals surface area contributed by atoms with Crippen molar-refractivity contribution in [1.82, 2.24) is 14.8 Å². The second kappa shape index (κ2) is 10.3. The maximum Gasteiger partial charge on any atom is 0.225 e. The highest BCUT2D eigenvalue weighted by atomic mass is 16.5. The van der Waals surface area contributed by atoms with Crippen molar-refractivity contribution in [3.8, 4) is 5.75 Å². The highest BCUT2D eigenvalue weighted by molar-refractivity contribution is 5.80. The number of carbonyl (C=O) groups is 2. The molecule has 2 amide bonds. The Morgan fingerprint density at radius 3 is 2.50 bits per heavy atom. The largest absolute Gasteiger partial charge is 0.493 e. The molecule has 2 aliphatic heterocycles. The van der Waals surface area contributed by atoms with Crippen molar-refractivity contribution < 1.29 is 18.7 Å². The van der Waals surface area contributed by atoms with Crippen molar-refractivity contribution in [3.63, 3.8) is 0 Å². The first-order chi connectivity index (χ1) is 16.7. The molecule has 178 valence electrons. The Bertz CT molecular complexity index is 1090. The van der Waals surface area contributed by atoms with Gasteiger partial charge in [-0.3, -0.25) is 9.59 Å². The van der Waals surface area contributed by atoms with E-state index >= 15 is 0 Å². The van der Waals surface area contributed by atoms with Gasteiger partial charge in [0.2, 0.25) is 11.8 Å². The van der Waals surface area contributed by atoms with Crippen LogP contribution < -0.4 is 4.74 Å². The molecule has 0 spiro atoms. The molecule has 1 aromatic heterocycles. The second-order valence-electron chi connectivity index (χ2n) is 9.21. The van der Waals surface area contributed by atoms with Gasteiger partial charge in [0.1, 0.15) is 11.3 Å². The Hall–Kier alpha value is -3.35. The highest BCUT2D eigenvalue weighted by Crippen LogP contribution is 2.31. The van der Waals surface area contributed by atoms with Crippen molar-refractivity contribution in [3.05, 3.63) is 60.5 Å². The van der Waals surface area contributed by atoms with Crippen LogP contribution in [0.2, 0.25) is 0 Å². The molecule has 0 radical (unpaired) electrons. The lowest BCUT2D eigenvalue weighted by molar-refractivity contribution is -0.141. The van der Waals surface area contributed by atoms with E-state index < -0.39 is 0 Å². The number of hydrogen-bond donors (Lipinski definition) is 0. The molecule has 7 nitrogen and oxygen atoms in total. The van der Waals surface area contributed by atoms with Crippen LogP contribution in [-0.4, -0.2) is 59.4 Å². The van der Waals surface area contributed by atoms with Crippen LogP contribution >= 0.6 is 0 Å². The Kier molecular flexibility index (Phi) is 6.79. The van der Waals surface area contributed by atoms with E-state index in [-0.39, 0.29) is 23.7 Å². The first-order valence-corrected chi connectivity index (χ1v) is 12.3. The van der Waals surface area contributed by atoms with E-state index in [1.54, 1.807) is 0 Å². The number of nitrogens with zero attached hydrogens (tertiary/aromatic N) is 3. The van der Waals surface area contributed by atoms with E-state index in [0.29, 0.717) is 45.5 Å². The van der Waals surface area contributed by atoms with E-state index in [4.69, 9.17) is 9.15 Å². The summed E-state index contributed by atoms with van der Waals surface area (Å²) in [7, 11) is 0. The van der Waals surface area contributed by atoms with Crippen LogP contribution in [0.1, 0.15) is 43.9 Å². The third kappa shape index (κ3) is 5.08. The summed E-state index contributed by atoms with van der Waals surface area (Å²) in [6.45, 7) is 3.06. The molecule has 3 aromatic rings. The molecule has 3 heterocycles. The smallest absolute Gasteiger partial charge is 0.225 e. The van der Waals surface area contributed by atoms with Gasteiger partial charge in [-0.15, -0.1) is 0 Å². The fourth-order valence-electron chi connectivity index (χ4n) is 5.01. The molecule has 2 saturated heterocycles. The molecule has 2 aromatic carbocycles. The van der Waals surface area contributed by atoms with E-state index in [2.05, 4.69) is 4.98 Å². The minimum atomic E-state index is -0.0213. The molecule has 5 rings (SSSR count). The molecular weight excluding hydrogens is 430 g/mol. The summed E-state index contributed by atoms with van der Waals surface area (Å²) in [6.07, 6.45) is 3.72. The van der Waals surface area contributed by atoms with Gasteiger partial charge >= 0.3 is 0 Å². The number of likely N-dealkylation sites (tertiary alicyclic amines) is 2. The SMILES string of the molecule is O=C(CCOc1ccccc1)N1CCC(C(=O)N2CCCC(c3nc4ccccc4o3)C2)CC1. The first kappa shape index (κ1) is 22.4. The van der Waals surface area contributed by atoms with Crippen LogP contribution in [0.25, 0.3) is 11.1 Å². The fourth-order valence-corrected chi connectivity index (χ4v) is 5.01. The van der Waals surface area contributed by atoms with Gasteiger partial charge in [0.25, 0.3) is 0 Å². The number of rotatable bonds is 6. The Labute approximate surface area is 199 Å². The van der Waals surface area contributed by atoms with Gasteiger partial charge in [-0.25, -0.2) is 4.98 Å². The van der Waals surface area contributed by atoms with Crippen LogP contribution in [0.15, 0.2) is 59.0 Å². The zero-order valence-electron chi connectivity index (χ0n) is 19.4. The number of carbonyl (C=O) groups excluding carboxylic acids is 2. The minimum absolute atomic E-state index is 0.0213. The maximum atomic E-state index is 13.3. The summed E-state index contributed by atoms with van der Waals surface area (Å²) < 4.78 is 11.6. The van der Waals surface area contributed by atoms with Gasteiger partial charge in [-0.1, -0.05) is 30.3 Å².